The van der Waals surface area contributed by atoms with Crippen LogP contribution in [0.2, 0.25) is 23.2 Å². The molecule has 10 heteroatoms. The minimum Gasteiger partial charge on any atom is -0.493 e. The number of aromatic nitrogens is 1. The predicted molar refractivity (Wildman–Crippen MR) is 174 cm³/mol. The maximum atomic E-state index is 12.6. The van der Waals surface area contributed by atoms with E-state index >= 15 is 0 Å². The van der Waals surface area contributed by atoms with Gasteiger partial charge >= 0.3 is 6.09 Å². The second kappa shape index (κ2) is 11.7. The van der Waals surface area contributed by atoms with E-state index in [9.17, 15) is 4.79 Å². The molecule has 1 amide bonds. The molecule has 0 saturated carbocycles. The Bertz CT molecular complexity index is 1450. The molecule has 0 N–H and O–H groups in total. The van der Waals surface area contributed by atoms with Crippen molar-refractivity contribution in [1.29, 1.82) is 0 Å². The number of thiophene rings is 1. The van der Waals surface area contributed by atoms with Gasteiger partial charge in [-0.2, -0.15) is 0 Å². The molecule has 1 atom stereocenters. The van der Waals surface area contributed by atoms with E-state index in [2.05, 4.69) is 68.0 Å². The molecule has 4 heterocycles. The molecule has 1 aromatic carbocycles. The van der Waals surface area contributed by atoms with Crippen LogP contribution in [-0.4, -0.2) is 67.6 Å². The number of amides is 1. The topological polar surface area (TPSA) is 64.1 Å². The summed E-state index contributed by atoms with van der Waals surface area (Å²) in [6.45, 7) is 21.1. The Balaban J connectivity index is 1.36. The first-order chi connectivity index (χ1) is 19.6. The lowest BCUT2D eigenvalue weighted by Gasteiger charge is -2.41. The lowest BCUT2D eigenvalue weighted by atomic mass is 9.94. The Kier molecular flexibility index (Phi) is 8.73. The number of halogens is 1. The van der Waals surface area contributed by atoms with E-state index in [-0.39, 0.29) is 17.2 Å². The van der Waals surface area contributed by atoms with Gasteiger partial charge in [0.15, 0.2) is 8.32 Å². The minimum atomic E-state index is -1.86. The number of piperazine rings is 1. The summed E-state index contributed by atoms with van der Waals surface area (Å²) in [5.74, 6) is 0.839. The quantitative estimate of drug-likeness (QED) is 0.264. The molecule has 2 aliphatic rings. The van der Waals surface area contributed by atoms with E-state index < -0.39 is 13.9 Å². The molecule has 2 aliphatic heterocycles. The number of carbonyl (C=O) groups excluding carboxylic acids is 1. The smallest absolute Gasteiger partial charge is 0.410 e. The molecule has 228 valence electrons. The number of ether oxygens (including phenoxy) is 2. The molecule has 0 spiro atoms. The molecule has 3 aromatic rings. The van der Waals surface area contributed by atoms with Crippen LogP contribution in [0.5, 0.6) is 5.75 Å². The van der Waals surface area contributed by atoms with Crippen molar-refractivity contribution in [3.05, 3.63) is 45.9 Å². The van der Waals surface area contributed by atoms with E-state index in [1.165, 1.54) is 4.88 Å². The van der Waals surface area contributed by atoms with Gasteiger partial charge in [-0.25, -0.2) is 4.79 Å². The van der Waals surface area contributed by atoms with Crippen LogP contribution in [-0.2, 0) is 15.8 Å². The van der Waals surface area contributed by atoms with E-state index in [0.717, 1.165) is 52.2 Å². The molecule has 7 nitrogen and oxygen atoms in total. The highest BCUT2D eigenvalue weighted by Crippen LogP contribution is 2.45. The van der Waals surface area contributed by atoms with Crippen LogP contribution in [0, 0.1) is 0 Å². The van der Waals surface area contributed by atoms with Gasteiger partial charge in [0.05, 0.1) is 23.4 Å². The van der Waals surface area contributed by atoms with Crippen molar-refractivity contribution >= 4 is 47.6 Å². The van der Waals surface area contributed by atoms with Crippen LogP contribution in [0.15, 0.2) is 30.5 Å². The van der Waals surface area contributed by atoms with Crippen LogP contribution >= 0.6 is 22.9 Å². The number of nitrogens with zero attached hydrogens (tertiary/aromatic N) is 3. The number of hydrogen-bond acceptors (Lipinski definition) is 7. The Hall–Kier alpha value is -2.17. The van der Waals surface area contributed by atoms with Gasteiger partial charge in [-0.05, 0) is 68.7 Å². The molecule has 5 rings (SSSR count). The summed E-state index contributed by atoms with van der Waals surface area (Å²) < 4.78 is 19.4. The second-order valence-corrected chi connectivity index (χ2v) is 20.2. The maximum absolute atomic E-state index is 12.6. The zero-order valence-corrected chi connectivity index (χ0v) is 28.7. The number of carbonyl (C=O) groups is 1. The second-order valence-electron chi connectivity index (χ2n) is 13.9. The normalized spacial score (nSPS) is 18.6. The average Bonchev–Trinajstić information content (AvgIpc) is 3.33. The summed E-state index contributed by atoms with van der Waals surface area (Å²) >= 11 is 8.79. The Morgan fingerprint density at radius 3 is 2.50 bits per heavy atom. The summed E-state index contributed by atoms with van der Waals surface area (Å²) in [6, 6.07) is 8.56. The van der Waals surface area contributed by atoms with Gasteiger partial charge in [0.25, 0.3) is 0 Å². The van der Waals surface area contributed by atoms with Crippen LogP contribution in [0.4, 0.5) is 4.79 Å². The van der Waals surface area contributed by atoms with Gasteiger partial charge in [0.2, 0.25) is 0 Å². The van der Waals surface area contributed by atoms with Gasteiger partial charge < -0.3 is 18.8 Å². The fourth-order valence-electron chi connectivity index (χ4n) is 5.28. The highest BCUT2D eigenvalue weighted by molar-refractivity contribution is 7.19. The Morgan fingerprint density at radius 1 is 1.12 bits per heavy atom. The van der Waals surface area contributed by atoms with Crippen molar-refractivity contribution in [3.63, 3.8) is 0 Å². The van der Waals surface area contributed by atoms with Gasteiger partial charge in [0.1, 0.15) is 11.4 Å². The third kappa shape index (κ3) is 6.65. The van der Waals surface area contributed by atoms with Crippen molar-refractivity contribution in [2.45, 2.75) is 84.3 Å². The standard InChI is InChI=1S/C32H44ClN3O4SSi/c1-31(2,3)40-30(37)36-14-12-35(13-15-36)26-10-16-38-27-18-21(17-24(33)28(26)27)23-9-11-34-25-19-22(41-29(23)25)20-39-42(7,8)32(4,5)6/h9,11,17-19,26H,10,12-16,20H2,1-8H3. The largest absolute Gasteiger partial charge is 0.493 e. The summed E-state index contributed by atoms with van der Waals surface area (Å²) in [4.78, 5) is 22.6. The Morgan fingerprint density at radius 2 is 1.83 bits per heavy atom. The van der Waals surface area contributed by atoms with Crippen molar-refractivity contribution < 1.29 is 18.7 Å². The zero-order chi connectivity index (χ0) is 30.4. The molecule has 2 aromatic heterocycles. The fourth-order valence-corrected chi connectivity index (χ4v) is 7.73. The molecule has 1 unspecified atom stereocenters. The summed E-state index contributed by atoms with van der Waals surface area (Å²) in [7, 11) is -1.86. The lowest BCUT2D eigenvalue weighted by molar-refractivity contribution is 0.00778. The van der Waals surface area contributed by atoms with Crippen molar-refractivity contribution in [2.75, 3.05) is 32.8 Å². The molecule has 0 bridgehead atoms. The molecule has 0 radical (unpaired) electrons. The number of rotatable bonds is 5. The summed E-state index contributed by atoms with van der Waals surface area (Å²) in [6.07, 6.45) is 2.48. The molecule has 0 aliphatic carbocycles. The monoisotopic (exact) mass is 629 g/mol. The van der Waals surface area contributed by atoms with E-state index in [0.29, 0.717) is 31.3 Å². The first kappa shape index (κ1) is 31.3. The minimum absolute atomic E-state index is 0.148. The predicted octanol–water partition coefficient (Wildman–Crippen LogP) is 8.51. The summed E-state index contributed by atoms with van der Waals surface area (Å²) in [5, 5.41) is 0.876. The third-order valence-electron chi connectivity index (χ3n) is 8.64. The van der Waals surface area contributed by atoms with Gasteiger partial charge in [-0.15, -0.1) is 11.3 Å². The van der Waals surface area contributed by atoms with Crippen molar-refractivity contribution in [2.24, 2.45) is 0 Å². The molecule has 1 fully saturated rings. The first-order valence-corrected chi connectivity index (χ1v) is 18.9. The maximum Gasteiger partial charge on any atom is 0.410 e. The highest BCUT2D eigenvalue weighted by atomic mass is 35.5. The number of pyridine rings is 1. The molecular formula is C32H44ClN3O4SSi. The first-order valence-electron chi connectivity index (χ1n) is 14.8. The van der Waals surface area contributed by atoms with Crippen LogP contribution < -0.4 is 4.74 Å². The van der Waals surface area contributed by atoms with Gasteiger partial charge in [0, 0.05) is 65.9 Å². The third-order valence-corrected chi connectivity index (χ3v) is 14.6. The summed E-state index contributed by atoms with van der Waals surface area (Å²) in [5.41, 5.74) is 3.65. The average molecular weight is 630 g/mol. The number of fused-ring (bicyclic) bond motifs is 2. The van der Waals surface area contributed by atoms with E-state index in [1.54, 1.807) is 16.2 Å². The van der Waals surface area contributed by atoms with Crippen molar-refractivity contribution in [1.82, 2.24) is 14.8 Å². The highest BCUT2D eigenvalue weighted by Gasteiger charge is 2.37. The van der Waals surface area contributed by atoms with Crippen LogP contribution in [0.3, 0.4) is 0 Å². The fraction of sp³-hybridized carbons (Fsp3) is 0.562. The molecule has 1 saturated heterocycles. The lowest BCUT2D eigenvalue weighted by Crippen LogP contribution is -2.51. The number of hydrogen-bond donors (Lipinski definition) is 0. The Labute approximate surface area is 260 Å². The number of benzene rings is 1. The van der Waals surface area contributed by atoms with Gasteiger partial charge in [-0.3, -0.25) is 9.88 Å². The zero-order valence-electron chi connectivity index (χ0n) is 26.2. The SMILES string of the molecule is CC(C)(C)OC(=O)N1CCN(C2CCOc3cc(-c4ccnc5cc(CO[Si](C)(C)C(C)(C)C)sc45)cc(Cl)c32)CC1. The van der Waals surface area contributed by atoms with Crippen LogP contribution in [0.1, 0.15) is 64.4 Å². The van der Waals surface area contributed by atoms with Crippen LogP contribution in [0.25, 0.3) is 21.3 Å². The van der Waals surface area contributed by atoms with Crippen molar-refractivity contribution in [3.8, 4) is 16.9 Å². The van der Waals surface area contributed by atoms with E-state index in [4.69, 9.17) is 25.5 Å². The molecule has 42 heavy (non-hydrogen) atoms. The van der Waals surface area contributed by atoms with E-state index in [1.807, 2.05) is 27.0 Å². The molecular weight excluding hydrogens is 586 g/mol. The van der Waals surface area contributed by atoms with Gasteiger partial charge in [-0.1, -0.05) is 32.4 Å².